The Bertz CT molecular complexity index is 439. The molecule has 0 aliphatic carbocycles. The molecule has 5 nitrogen and oxygen atoms in total. The molecule has 2 N–H and O–H groups in total. The molecule has 118 valence electrons. The molecule has 1 atom stereocenters. The molecule has 0 saturated carbocycles. The molecule has 21 heavy (non-hydrogen) atoms. The van der Waals surface area contributed by atoms with E-state index in [-0.39, 0.29) is 11.8 Å². The number of nitrogens with one attached hydrogen (secondary N) is 1. The average Bonchev–Trinajstić information content (AvgIpc) is 2.53. The summed E-state index contributed by atoms with van der Waals surface area (Å²) >= 11 is 0. The van der Waals surface area contributed by atoms with Crippen molar-refractivity contribution in [3.8, 4) is 17.2 Å². The van der Waals surface area contributed by atoms with Crippen LogP contribution in [0.2, 0.25) is 0 Å². The van der Waals surface area contributed by atoms with Crippen LogP contribution in [0, 0.1) is 0 Å². The lowest BCUT2D eigenvalue weighted by atomic mass is 9.99. The van der Waals surface area contributed by atoms with Crippen molar-refractivity contribution in [2.24, 2.45) is 0 Å². The number of phenols is 1. The monoisotopic (exact) mass is 298 g/mol. The van der Waals surface area contributed by atoms with Gasteiger partial charge < -0.3 is 19.9 Å². The van der Waals surface area contributed by atoms with E-state index in [0.717, 1.165) is 31.7 Å². The van der Waals surface area contributed by atoms with Gasteiger partial charge in [-0.1, -0.05) is 0 Å². The van der Waals surface area contributed by atoms with Crippen LogP contribution in [-0.2, 0) is 0 Å². The summed E-state index contributed by atoms with van der Waals surface area (Å²) in [4.78, 5) is 2.23. The second-order valence-corrected chi connectivity index (χ2v) is 5.04. The van der Waals surface area contributed by atoms with Crippen molar-refractivity contribution in [2.75, 3.05) is 47.1 Å². The van der Waals surface area contributed by atoms with E-state index in [1.807, 2.05) is 0 Å². The van der Waals surface area contributed by atoms with Gasteiger partial charge in [0.25, 0.3) is 0 Å². The van der Waals surface area contributed by atoms with Crippen molar-refractivity contribution in [3.05, 3.63) is 17.7 Å². The Morgan fingerprint density at radius 3 is 2.29 bits per heavy atom. The van der Waals surface area contributed by atoms with Crippen LogP contribution in [0.4, 0.5) is 4.39 Å². The fourth-order valence-electron chi connectivity index (χ4n) is 2.86. The van der Waals surface area contributed by atoms with Gasteiger partial charge in [-0.15, -0.1) is 0 Å². The van der Waals surface area contributed by atoms with Crippen molar-refractivity contribution >= 4 is 0 Å². The number of alkyl halides is 1. The zero-order valence-corrected chi connectivity index (χ0v) is 12.6. The number of methoxy groups -OCH3 is 2. The van der Waals surface area contributed by atoms with Gasteiger partial charge in [0.1, 0.15) is 17.2 Å². The largest absolute Gasteiger partial charge is 0.508 e. The maximum Gasteiger partial charge on any atom is 0.131 e. The standard InChI is InChI=1S/C15H23FN2O3/c1-20-13-9-11(19)10-14(21-2)15(13)12(3-4-16)18-7-5-17-6-8-18/h9-10,12,17,19H,3-8H2,1-2H3/t12-/m0/s1. The molecule has 0 unspecified atom stereocenters. The number of nitrogens with zero attached hydrogens (tertiary/aromatic N) is 1. The second kappa shape index (κ2) is 7.47. The lowest BCUT2D eigenvalue weighted by molar-refractivity contribution is 0.152. The molecule has 1 fully saturated rings. The average molecular weight is 298 g/mol. The Morgan fingerprint density at radius 1 is 1.24 bits per heavy atom. The highest BCUT2D eigenvalue weighted by molar-refractivity contribution is 5.52. The first kappa shape index (κ1) is 15.9. The number of hydrogen-bond acceptors (Lipinski definition) is 5. The molecule has 2 rings (SSSR count). The van der Waals surface area contributed by atoms with Gasteiger partial charge >= 0.3 is 0 Å². The predicted molar refractivity (Wildman–Crippen MR) is 79.0 cm³/mol. The molecule has 1 saturated heterocycles. The number of aromatic hydroxyl groups is 1. The molecular weight excluding hydrogens is 275 g/mol. The van der Waals surface area contributed by atoms with Crippen LogP contribution in [0.3, 0.4) is 0 Å². The van der Waals surface area contributed by atoms with Crippen LogP contribution in [0.5, 0.6) is 17.2 Å². The van der Waals surface area contributed by atoms with Gasteiger partial charge in [-0.25, -0.2) is 0 Å². The molecular formula is C15H23FN2O3. The van der Waals surface area contributed by atoms with Gasteiger partial charge in [-0.05, 0) is 6.42 Å². The van der Waals surface area contributed by atoms with Crippen LogP contribution in [0.1, 0.15) is 18.0 Å². The zero-order valence-electron chi connectivity index (χ0n) is 12.6. The molecule has 0 bridgehead atoms. The number of halogens is 1. The smallest absolute Gasteiger partial charge is 0.131 e. The van der Waals surface area contributed by atoms with Crippen LogP contribution in [0.25, 0.3) is 0 Å². The lowest BCUT2D eigenvalue weighted by Gasteiger charge is -2.36. The molecule has 1 heterocycles. The van der Waals surface area contributed by atoms with Crippen molar-refractivity contribution in [1.29, 1.82) is 0 Å². The number of benzene rings is 1. The third-order valence-corrected chi connectivity index (χ3v) is 3.84. The highest BCUT2D eigenvalue weighted by Crippen LogP contribution is 2.41. The summed E-state index contributed by atoms with van der Waals surface area (Å²) < 4.78 is 23.8. The molecule has 1 aromatic rings. The predicted octanol–water partition coefficient (Wildman–Crippen LogP) is 1.72. The number of piperazine rings is 1. The Labute approximate surface area is 124 Å². The topological polar surface area (TPSA) is 54.0 Å². The van der Waals surface area contributed by atoms with E-state index in [4.69, 9.17) is 9.47 Å². The Balaban J connectivity index is 2.42. The van der Waals surface area contributed by atoms with Crippen molar-refractivity contribution in [1.82, 2.24) is 10.2 Å². The van der Waals surface area contributed by atoms with Crippen LogP contribution in [-0.4, -0.2) is 57.1 Å². The van der Waals surface area contributed by atoms with Crippen LogP contribution in [0.15, 0.2) is 12.1 Å². The van der Waals surface area contributed by atoms with Crippen molar-refractivity contribution in [2.45, 2.75) is 12.5 Å². The summed E-state index contributed by atoms with van der Waals surface area (Å²) in [5, 5.41) is 13.0. The Kier molecular flexibility index (Phi) is 5.64. The molecule has 1 aromatic carbocycles. The van der Waals surface area contributed by atoms with Gasteiger partial charge in [0.15, 0.2) is 0 Å². The van der Waals surface area contributed by atoms with Crippen LogP contribution >= 0.6 is 0 Å². The highest BCUT2D eigenvalue weighted by Gasteiger charge is 2.28. The van der Waals surface area contributed by atoms with Gasteiger partial charge in [0.2, 0.25) is 0 Å². The lowest BCUT2D eigenvalue weighted by Crippen LogP contribution is -2.45. The second-order valence-electron chi connectivity index (χ2n) is 5.04. The molecule has 0 amide bonds. The van der Waals surface area contributed by atoms with Gasteiger partial charge in [-0.3, -0.25) is 9.29 Å². The summed E-state index contributed by atoms with van der Waals surface area (Å²) in [5.41, 5.74) is 0.803. The molecule has 6 heteroatoms. The zero-order chi connectivity index (χ0) is 15.2. The number of hydrogen-bond donors (Lipinski definition) is 2. The van der Waals surface area contributed by atoms with E-state index in [9.17, 15) is 9.50 Å². The first-order valence-electron chi connectivity index (χ1n) is 7.16. The molecule has 0 spiro atoms. The first-order chi connectivity index (χ1) is 10.2. The van der Waals surface area contributed by atoms with E-state index in [1.165, 1.54) is 0 Å². The Hall–Kier alpha value is -1.53. The maximum absolute atomic E-state index is 13.1. The third kappa shape index (κ3) is 3.57. The fraction of sp³-hybridized carbons (Fsp3) is 0.600. The normalized spacial score (nSPS) is 17.5. The van der Waals surface area contributed by atoms with Crippen molar-refractivity contribution < 1.29 is 19.0 Å². The van der Waals surface area contributed by atoms with Crippen LogP contribution < -0.4 is 14.8 Å². The molecule has 0 aromatic heterocycles. The van der Waals surface area contributed by atoms with E-state index in [0.29, 0.717) is 17.9 Å². The Morgan fingerprint density at radius 2 is 1.81 bits per heavy atom. The minimum atomic E-state index is -0.415. The first-order valence-corrected chi connectivity index (χ1v) is 7.16. The van der Waals surface area contributed by atoms with E-state index < -0.39 is 6.67 Å². The summed E-state index contributed by atoms with van der Waals surface area (Å²) in [5.74, 6) is 1.14. The summed E-state index contributed by atoms with van der Waals surface area (Å²) in [6.45, 7) is 3.04. The van der Waals surface area contributed by atoms with E-state index in [1.54, 1.807) is 26.4 Å². The van der Waals surface area contributed by atoms with E-state index >= 15 is 0 Å². The number of phenolic OH excluding ortho intramolecular Hbond substituents is 1. The minimum Gasteiger partial charge on any atom is -0.508 e. The van der Waals surface area contributed by atoms with E-state index in [2.05, 4.69) is 10.2 Å². The quantitative estimate of drug-likeness (QED) is 0.837. The summed E-state index contributed by atoms with van der Waals surface area (Å²) in [7, 11) is 3.09. The maximum atomic E-state index is 13.1. The van der Waals surface area contributed by atoms with Gasteiger partial charge in [0, 0.05) is 44.4 Å². The molecule has 1 aliphatic heterocycles. The third-order valence-electron chi connectivity index (χ3n) is 3.84. The SMILES string of the molecule is COc1cc(O)cc(OC)c1[C@H](CCF)N1CCNCC1. The van der Waals surface area contributed by atoms with Gasteiger partial charge in [0.05, 0.1) is 26.5 Å². The highest BCUT2D eigenvalue weighted by atomic mass is 19.1. The van der Waals surface area contributed by atoms with Gasteiger partial charge in [-0.2, -0.15) is 0 Å². The fourth-order valence-corrected chi connectivity index (χ4v) is 2.86. The van der Waals surface area contributed by atoms with Crippen molar-refractivity contribution in [3.63, 3.8) is 0 Å². The number of rotatable bonds is 6. The molecule has 1 aliphatic rings. The summed E-state index contributed by atoms with van der Waals surface area (Å²) in [6, 6.07) is 2.97. The molecule has 0 radical (unpaired) electrons. The number of ether oxygens (including phenoxy) is 2. The summed E-state index contributed by atoms with van der Waals surface area (Å²) in [6.07, 6.45) is 0.373. The minimum absolute atomic E-state index is 0.0757.